The average molecular weight is 330 g/mol. The second-order valence-electron chi connectivity index (χ2n) is 7.53. The van der Waals surface area contributed by atoms with Crippen molar-refractivity contribution in [3.8, 4) is 0 Å². The van der Waals surface area contributed by atoms with E-state index in [-0.39, 0.29) is 11.9 Å². The molecule has 1 unspecified atom stereocenters. The Morgan fingerprint density at radius 1 is 1.17 bits per heavy atom. The van der Waals surface area contributed by atoms with E-state index in [1.165, 1.54) is 21.6 Å². The summed E-state index contributed by atoms with van der Waals surface area (Å²) in [5, 5.41) is 2.98. The van der Waals surface area contributed by atoms with Crippen LogP contribution in [-0.2, 0) is 11.3 Å². The van der Waals surface area contributed by atoms with Crippen LogP contribution in [0.3, 0.4) is 0 Å². The highest BCUT2D eigenvalue weighted by molar-refractivity contribution is 6.06. The minimum Gasteiger partial charge on any atom is -0.323 e. The number of aryl methyl sites for hydroxylation is 2. The molecule has 2 N–H and O–H groups in total. The van der Waals surface area contributed by atoms with Gasteiger partial charge in [-0.3, -0.25) is 4.79 Å². The zero-order valence-electron chi connectivity index (χ0n) is 14.9. The van der Waals surface area contributed by atoms with Crippen molar-refractivity contribution in [2.45, 2.75) is 58.0 Å². The first kappa shape index (κ1) is 17.0. The molecule has 0 bridgehead atoms. The lowest BCUT2D eigenvalue weighted by atomic mass is 9.82. The predicted molar refractivity (Wildman–Crippen MR) is 92.6 cm³/mol. The minimum absolute atomic E-state index is 0.0211. The summed E-state index contributed by atoms with van der Waals surface area (Å²) in [5.74, 6) is -0.0211. The van der Waals surface area contributed by atoms with Crippen molar-refractivity contribution < 1.29 is 14.5 Å². The molecule has 0 aromatic heterocycles. The van der Waals surface area contributed by atoms with Crippen LogP contribution in [0.4, 0.5) is 4.79 Å². The lowest BCUT2D eigenvalue weighted by molar-refractivity contribution is -0.901. The van der Waals surface area contributed by atoms with Crippen molar-refractivity contribution in [2.75, 3.05) is 13.7 Å². The van der Waals surface area contributed by atoms with Crippen LogP contribution >= 0.6 is 0 Å². The maximum absolute atomic E-state index is 12.8. The van der Waals surface area contributed by atoms with Gasteiger partial charge in [0.2, 0.25) is 0 Å². The molecule has 5 nitrogen and oxygen atoms in total. The maximum Gasteiger partial charge on any atom is 0.329 e. The van der Waals surface area contributed by atoms with Gasteiger partial charge in [-0.2, -0.15) is 0 Å². The number of hydrogen-bond acceptors (Lipinski definition) is 2. The standard InChI is InChI=1S/C19H27N3O2/c1-14-7-8-16(15(2)11-14)12-21(3)13-22-17(23)19(20-18(22)24)9-5-4-6-10-19/h7-8,11H,4-6,9-10,12-13H2,1-3H3,(H,20,24)/p+1. The molecule has 1 saturated heterocycles. The Morgan fingerprint density at radius 3 is 2.54 bits per heavy atom. The van der Waals surface area contributed by atoms with Gasteiger partial charge in [0.25, 0.3) is 5.91 Å². The van der Waals surface area contributed by atoms with Gasteiger partial charge in [0.05, 0.1) is 7.05 Å². The fourth-order valence-electron chi connectivity index (χ4n) is 4.01. The number of benzene rings is 1. The van der Waals surface area contributed by atoms with Gasteiger partial charge in [0.1, 0.15) is 12.1 Å². The summed E-state index contributed by atoms with van der Waals surface area (Å²) in [6.45, 7) is 5.42. The number of carbonyl (C=O) groups excluding carboxylic acids is 2. The van der Waals surface area contributed by atoms with Crippen LogP contribution in [-0.4, -0.2) is 36.1 Å². The summed E-state index contributed by atoms with van der Waals surface area (Å²) in [5.41, 5.74) is 3.16. The topological polar surface area (TPSA) is 53.9 Å². The van der Waals surface area contributed by atoms with E-state index in [4.69, 9.17) is 0 Å². The highest BCUT2D eigenvalue weighted by atomic mass is 16.2. The van der Waals surface area contributed by atoms with E-state index in [9.17, 15) is 9.59 Å². The van der Waals surface area contributed by atoms with Gasteiger partial charge >= 0.3 is 6.03 Å². The summed E-state index contributed by atoms with van der Waals surface area (Å²) in [6.07, 6.45) is 4.76. The molecule has 24 heavy (non-hydrogen) atoms. The van der Waals surface area contributed by atoms with Crippen LogP contribution in [0.2, 0.25) is 0 Å². The maximum atomic E-state index is 12.8. The van der Waals surface area contributed by atoms with Crippen LogP contribution < -0.4 is 10.2 Å². The van der Waals surface area contributed by atoms with E-state index >= 15 is 0 Å². The highest BCUT2D eigenvalue weighted by Crippen LogP contribution is 2.33. The monoisotopic (exact) mass is 330 g/mol. The molecule has 2 fully saturated rings. The number of imide groups is 1. The van der Waals surface area contributed by atoms with Gasteiger partial charge in [-0.05, 0) is 32.3 Å². The van der Waals surface area contributed by atoms with E-state index < -0.39 is 5.54 Å². The normalized spacial score (nSPS) is 21.2. The summed E-state index contributed by atoms with van der Waals surface area (Å²) in [4.78, 5) is 27.7. The first-order valence-corrected chi connectivity index (χ1v) is 8.93. The molecule has 1 aromatic rings. The molecule has 1 aromatic carbocycles. The Bertz CT molecular complexity index is 650. The molecule has 3 rings (SSSR count). The summed E-state index contributed by atoms with van der Waals surface area (Å²) in [7, 11) is 2.03. The van der Waals surface area contributed by atoms with Crippen molar-refractivity contribution in [1.82, 2.24) is 10.2 Å². The molecule has 1 spiro atoms. The molecule has 1 aliphatic heterocycles. The first-order chi connectivity index (χ1) is 11.4. The molecule has 5 heteroatoms. The van der Waals surface area contributed by atoms with Crippen molar-refractivity contribution in [3.63, 3.8) is 0 Å². The second kappa shape index (κ2) is 6.55. The number of amides is 3. The molecule has 1 heterocycles. The molecule has 1 atom stereocenters. The van der Waals surface area contributed by atoms with Gasteiger partial charge in [0.15, 0.2) is 6.67 Å². The number of nitrogens with one attached hydrogen (secondary N) is 2. The Hall–Kier alpha value is -1.88. The second-order valence-corrected chi connectivity index (χ2v) is 7.53. The number of hydrogen-bond donors (Lipinski definition) is 2. The Morgan fingerprint density at radius 2 is 1.88 bits per heavy atom. The zero-order valence-corrected chi connectivity index (χ0v) is 14.9. The van der Waals surface area contributed by atoms with Gasteiger partial charge in [-0.25, -0.2) is 9.69 Å². The van der Waals surface area contributed by atoms with Crippen molar-refractivity contribution >= 4 is 11.9 Å². The molecule has 130 valence electrons. The smallest absolute Gasteiger partial charge is 0.323 e. The van der Waals surface area contributed by atoms with Crippen molar-refractivity contribution in [2.24, 2.45) is 0 Å². The van der Waals surface area contributed by atoms with Crippen LogP contribution in [0.1, 0.15) is 48.8 Å². The number of quaternary nitrogens is 1. The number of nitrogens with zero attached hydrogens (tertiary/aromatic N) is 1. The zero-order chi connectivity index (χ0) is 17.3. The molecule has 1 saturated carbocycles. The minimum atomic E-state index is -0.616. The van der Waals surface area contributed by atoms with E-state index in [0.717, 1.165) is 43.5 Å². The van der Waals surface area contributed by atoms with Gasteiger partial charge in [-0.1, -0.05) is 43.0 Å². The van der Waals surface area contributed by atoms with Crippen molar-refractivity contribution in [1.29, 1.82) is 0 Å². The Kier molecular flexibility index (Phi) is 4.63. The molecule has 0 radical (unpaired) electrons. The lowest BCUT2D eigenvalue weighted by Crippen LogP contribution is -3.09. The third-order valence-electron chi connectivity index (χ3n) is 5.37. The van der Waals surface area contributed by atoms with Gasteiger partial charge in [0, 0.05) is 5.56 Å². The molecule has 3 amide bonds. The van der Waals surface area contributed by atoms with Crippen molar-refractivity contribution in [3.05, 3.63) is 34.9 Å². The quantitative estimate of drug-likeness (QED) is 0.823. The number of urea groups is 1. The summed E-state index contributed by atoms with van der Waals surface area (Å²) < 4.78 is 0. The fourth-order valence-corrected chi connectivity index (χ4v) is 4.01. The molecular weight excluding hydrogens is 302 g/mol. The molecular formula is C19H28N3O2+. The molecule has 2 aliphatic rings. The van der Waals surface area contributed by atoms with E-state index in [1.54, 1.807) is 0 Å². The third kappa shape index (κ3) is 3.18. The van der Waals surface area contributed by atoms with Crippen LogP contribution in [0, 0.1) is 13.8 Å². The fraction of sp³-hybridized carbons (Fsp3) is 0.579. The SMILES string of the molecule is Cc1ccc(C[NH+](C)CN2C(=O)NC3(CCCCC3)C2=O)c(C)c1. The average Bonchev–Trinajstić information content (AvgIpc) is 2.75. The lowest BCUT2D eigenvalue weighted by Gasteiger charge is -2.30. The Balaban J connectivity index is 1.66. The highest BCUT2D eigenvalue weighted by Gasteiger charge is 2.52. The van der Waals surface area contributed by atoms with Crippen LogP contribution in [0.25, 0.3) is 0 Å². The summed E-state index contributed by atoms with van der Waals surface area (Å²) >= 11 is 0. The van der Waals surface area contributed by atoms with Gasteiger partial charge in [-0.15, -0.1) is 0 Å². The largest absolute Gasteiger partial charge is 0.329 e. The van der Waals surface area contributed by atoms with Gasteiger partial charge < -0.3 is 10.2 Å². The first-order valence-electron chi connectivity index (χ1n) is 8.93. The Labute approximate surface area is 144 Å². The predicted octanol–water partition coefficient (Wildman–Crippen LogP) is 1.53. The van der Waals surface area contributed by atoms with Crippen LogP contribution in [0.5, 0.6) is 0 Å². The van der Waals surface area contributed by atoms with E-state index in [0.29, 0.717) is 6.67 Å². The van der Waals surface area contributed by atoms with Crippen LogP contribution in [0.15, 0.2) is 18.2 Å². The van der Waals surface area contributed by atoms with E-state index in [2.05, 4.69) is 37.4 Å². The summed E-state index contributed by atoms with van der Waals surface area (Å²) in [6, 6.07) is 6.21. The number of rotatable bonds is 4. The third-order valence-corrected chi connectivity index (χ3v) is 5.37. The number of carbonyl (C=O) groups is 2. The molecule has 1 aliphatic carbocycles. The van der Waals surface area contributed by atoms with E-state index in [1.807, 2.05) is 7.05 Å².